The molecule has 2 aromatic heterocycles. The van der Waals surface area contributed by atoms with Crippen LogP contribution in [0.2, 0.25) is 0 Å². The minimum atomic E-state index is -6.21. The van der Waals surface area contributed by atoms with Crippen molar-refractivity contribution in [2.75, 3.05) is 13.2 Å². The van der Waals surface area contributed by atoms with Gasteiger partial charge in [-0.1, -0.05) is 13.3 Å². The molecule has 31 heteroatoms. The zero-order valence-corrected chi connectivity index (χ0v) is 30.2. The highest BCUT2D eigenvalue weighted by molar-refractivity contribution is 7.69. The molecule has 298 valence electrons. The minimum Gasteiger partial charge on any atom is -0.387 e. The predicted molar refractivity (Wildman–Crippen MR) is 165 cm³/mol. The van der Waals surface area contributed by atoms with Crippen LogP contribution in [0, 0.1) is 0 Å². The van der Waals surface area contributed by atoms with E-state index in [1.54, 1.807) is 0 Å². The number of nitrogens with one attached hydrogen (secondary N) is 2. The lowest BCUT2D eigenvalue weighted by atomic mass is 10.1. The number of phosphoric acid groups is 4. The molecule has 2 aromatic rings. The van der Waals surface area contributed by atoms with Crippen LogP contribution >= 0.6 is 31.3 Å². The smallest absolute Gasteiger partial charge is 0.387 e. The van der Waals surface area contributed by atoms with Crippen LogP contribution in [0.3, 0.4) is 0 Å². The van der Waals surface area contributed by atoms with Gasteiger partial charge >= 0.3 is 42.7 Å². The van der Waals surface area contributed by atoms with Gasteiger partial charge in [-0.15, -0.1) is 0 Å². The van der Waals surface area contributed by atoms with Gasteiger partial charge in [-0.2, -0.15) is 12.9 Å². The van der Waals surface area contributed by atoms with E-state index in [0.29, 0.717) is 17.4 Å². The maximum absolute atomic E-state index is 12.6. The van der Waals surface area contributed by atoms with E-state index in [-0.39, 0.29) is 0 Å². The average molecular weight is 844 g/mol. The molecule has 3 aliphatic heterocycles. The van der Waals surface area contributed by atoms with Crippen LogP contribution in [0.5, 0.6) is 0 Å². The molecule has 0 aromatic carbocycles. The van der Waals surface area contributed by atoms with Gasteiger partial charge in [0.15, 0.2) is 18.7 Å². The Morgan fingerprint density at radius 3 is 1.62 bits per heavy atom. The number of phosphoric ester groups is 2. The molecule has 3 fully saturated rings. The SMILES string of the molecule is CCCC1O[C@@H]2[C@H](O1)[C@@H](COP(=O)(O)OP(=O)(O)OP(=O)(O)OP(=O)(O)OC[C@H]1O[C@@H](n3ccc(=O)[nH]c3=O)[C@H](O)[C@@H]1O)O[C@H]2n1ccc(=O)[nH]c1=O. The zero-order chi connectivity index (χ0) is 39.1. The first kappa shape index (κ1) is 41.8. The number of hydrogen-bond acceptors (Lipinski definition) is 19. The summed E-state index contributed by atoms with van der Waals surface area (Å²) < 4.78 is 94.6. The monoisotopic (exact) mass is 844 g/mol. The third-order valence-electron chi connectivity index (χ3n) is 7.44. The average Bonchev–Trinajstić information content (AvgIpc) is 3.66. The molecule has 0 bridgehead atoms. The summed E-state index contributed by atoms with van der Waals surface area (Å²) in [5, 5.41) is 20.5. The first-order valence-electron chi connectivity index (χ1n) is 14.9. The molecular weight excluding hydrogens is 812 g/mol. The van der Waals surface area contributed by atoms with E-state index in [1.807, 2.05) is 16.9 Å². The Morgan fingerprint density at radius 2 is 1.11 bits per heavy atom. The molecule has 27 nitrogen and oxygen atoms in total. The molecule has 0 saturated carbocycles. The van der Waals surface area contributed by atoms with Crippen molar-refractivity contribution in [2.24, 2.45) is 0 Å². The molecule has 3 aliphatic rings. The van der Waals surface area contributed by atoms with E-state index in [4.69, 9.17) is 23.5 Å². The first-order valence-corrected chi connectivity index (χ1v) is 20.9. The van der Waals surface area contributed by atoms with E-state index in [2.05, 4.69) is 17.5 Å². The third-order valence-corrected chi connectivity index (χ3v) is 13.3. The maximum atomic E-state index is 12.6. The minimum absolute atomic E-state index is 0.385. The molecule has 0 radical (unpaired) electrons. The second kappa shape index (κ2) is 16.0. The highest BCUT2D eigenvalue weighted by Gasteiger charge is 2.55. The normalized spacial score (nSPS) is 33.1. The topological polar surface area (TPSA) is 382 Å². The summed E-state index contributed by atoms with van der Waals surface area (Å²) in [6.07, 6.45) is -9.61. The quantitative estimate of drug-likeness (QED) is 0.0847. The van der Waals surface area contributed by atoms with Crippen molar-refractivity contribution < 1.29 is 89.0 Å². The van der Waals surface area contributed by atoms with Crippen LogP contribution < -0.4 is 22.5 Å². The number of aliphatic hydroxyl groups is 2. The summed E-state index contributed by atoms with van der Waals surface area (Å²) in [6, 6.07) is 1.89. The highest BCUT2D eigenvalue weighted by Crippen LogP contribution is 2.71. The van der Waals surface area contributed by atoms with E-state index < -0.39 is 122 Å². The molecule has 0 spiro atoms. The molecule has 13 atom stereocenters. The largest absolute Gasteiger partial charge is 0.490 e. The van der Waals surface area contributed by atoms with Crippen LogP contribution in [0.25, 0.3) is 0 Å². The standard InChI is InChI=1S/C22H32N4O23P4/c1-2-3-14-45-17-11(44-20(18(17)46-14)26-7-5-13(28)24-22(26)32)9-42-51(35,36)48-53(39,40)49-52(37,38)47-50(33,34)41-8-10-15(29)16(30)19(43-10)25-6-4-12(27)23-21(25)31/h4-7,10-11,14-20,29-30H,2-3,8-9H2,1H3,(H,33,34)(H,35,36)(H,37,38)(H,39,40)(H,23,27,31)(H,24,28,32)/t10-,11-,14?,15-,16-,17-,18-,19-,20-/m1/s1. The second-order valence-electron chi connectivity index (χ2n) is 11.3. The summed E-state index contributed by atoms with van der Waals surface area (Å²) in [7, 11) is -24.0. The van der Waals surface area contributed by atoms with Gasteiger partial charge < -0.3 is 48.7 Å². The van der Waals surface area contributed by atoms with E-state index in [1.165, 1.54) is 0 Å². The summed E-state index contributed by atoms with van der Waals surface area (Å²) in [6.45, 7) is -0.329. The number of aliphatic hydroxyl groups excluding tert-OH is 2. The van der Waals surface area contributed by atoms with Crippen molar-refractivity contribution >= 4 is 31.3 Å². The van der Waals surface area contributed by atoms with Crippen molar-refractivity contribution in [2.45, 2.75) is 75.1 Å². The number of H-pyrrole nitrogens is 2. The van der Waals surface area contributed by atoms with Gasteiger partial charge in [0.2, 0.25) is 0 Å². The molecule has 0 aliphatic carbocycles. The van der Waals surface area contributed by atoms with E-state index in [0.717, 1.165) is 29.1 Å². The Hall–Kier alpha value is -2.32. The van der Waals surface area contributed by atoms with Crippen LogP contribution in [0.1, 0.15) is 32.2 Å². The molecule has 5 rings (SSSR count). The van der Waals surface area contributed by atoms with Crippen molar-refractivity contribution in [1.82, 2.24) is 19.1 Å². The number of ether oxygens (including phenoxy) is 4. The van der Waals surface area contributed by atoms with Crippen LogP contribution in [-0.2, 0) is 59.2 Å². The maximum Gasteiger partial charge on any atom is 0.490 e. The van der Waals surface area contributed by atoms with Crippen LogP contribution in [0.15, 0.2) is 43.7 Å². The highest BCUT2D eigenvalue weighted by atomic mass is 31.3. The van der Waals surface area contributed by atoms with Gasteiger partial charge in [0.25, 0.3) is 11.1 Å². The van der Waals surface area contributed by atoms with E-state index >= 15 is 0 Å². The Bertz CT molecular complexity index is 2090. The number of aromatic amines is 2. The summed E-state index contributed by atoms with van der Waals surface area (Å²) >= 11 is 0. The van der Waals surface area contributed by atoms with Crippen LogP contribution in [-0.4, -0.2) is 105 Å². The summed E-state index contributed by atoms with van der Waals surface area (Å²) in [4.78, 5) is 90.8. The first-order chi connectivity index (χ1) is 24.6. The Morgan fingerprint density at radius 1 is 0.660 bits per heavy atom. The molecule has 5 unspecified atom stereocenters. The Balaban J connectivity index is 1.16. The summed E-state index contributed by atoms with van der Waals surface area (Å²) in [5.74, 6) is 0. The fraction of sp³-hybridized carbons (Fsp3) is 0.636. The van der Waals surface area contributed by atoms with Crippen LogP contribution in [0.4, 0.5) is 0 Å². The number of nitrogens with zero attached hydrogens (tertiary/aromatic N) is 2. The lowest BCUT2D eigenvalue weighted by Crippen LogP contribution is -2.37. The Labute approximate surface area is 294 Å². The van der Waals surface area contributed by atoms with Crippen molar-refractivity contribution in [3.63, 3.8) is 0 Å². The molecule has 5 heterocycles. The number of rotatable bonds is 16. The second-order valence-corrected chi connectivity index (χ2v) is 17.5. The van der Waals surface area contributed by atoms with E-state index in [9.17, 15) is 67.2 Å². The van der Waals surface area contributed by atoms with Gasteiger partial charge in [-0.05, 0) is 6.42 Å². The summed E-state index contributed by atoms with van der Waals surface area (Å²) in [5.41, 5.74) is -3.48. The number of fused-ring (bicyclic) bond motifs is 1. The third kappa shape index (κ3) is 10.3. The predicted octanol–water partition coefficient (Wildman–Crippen LogP) is -2.00. The number of aromatic nitrogens is 4. The van der Waals surface area contributed by atoms with Gasteiger partial charge in [-0.3, -0.25) is 37.7 Å². The van der Waals surface area contributed by atoms with Gasteiger partial charge in [0, 0.05) is 24.5 Å². The molecule has 8 N–H and O–H groups in total. The Kier molecular flexibility index (Phi) is 12.7. The van der Waals surface area contributed by atoms with Crippen molar-refractivity contribution in [1.29, 1.82) is 0 Å². The lowest BCUT2D eigenvalue weighted by Gasteiger charge is -2.22. The molecular formula is C22H32N4O23P4. The number of hydrogen-bond donors (Lipinski definition) is 8. The van der Waals surface area contributed by atoms with Crippen molar-refractivity contribution in [3.05, 3.63) is 66.2 Å². The van der Waals surface area contributed by atoms with Crippen molar-refractivity contribution in [3.8, 4) is 0 Å². The van der Waals surface area contributed by atoms with Gasteiger partial charge in [0.05, 0.1) is 13.2 Å². The fourth-order valence-electron chi connectivity index (χ4n) is 5.29. The molecule has 3 saturated heterocycles. The fourth-order valence-corrected chi connectivity index (χ4v) is 10.2. The lowest BCUT2D eigenvalue weighted by molar-refractivity contribution is -0.153. The molecule has 53 heavy (non-hydrogen) atoms. The van der Waals surface area contributed by atoms with Gasteiger partial charge in [-0.25, -0.2) is 27.8 Å². The molecule has 0 amide bonds. The van der Waals surface area contributed by atoms with Gasteiger partial charge in [0.1, 0.15) is 36.6 Å². The zero-order valence-electron chi connectivity index (χ0n) is 26.6.